The lowest BCUT2D eigenvalue weighted by atomic mass is 9.62. The Morgan fingerprint density at radius 1 is 0.913 bits per heavy atom. The summed E-state index contributed by atoms with van der Waals surface area (Å²) in [5, 5.41) is 25.1. The summed E-state index contributed by atoms with van der Waals surface area (Å²) in [6.45, 7) is 9.32. The number of allylic oxidation sites excluding steroid dienone is 1. The van der Waals surface area contributed by atoms with E-state index in [0.717, 1.165) is 60.8 Å². The number of hydrogen-bond acceptors (Lipinski definition) is 12. The summed E-state index contributed by atoms with van der Waals surface area (Å²) in [4.78, 5) is 66.3. The van der Waals surface area contributed by atoms with E-state index in [9.17, 15) is 24.6 Å². The molecule has 8 atom stereocenters. The number of aromatic hydroxyl groups is 1. The zero-order chi connectivity index (χ0) is 49.3. The quantitative estimate of drug-likeness (QED) is 0.0624. The van der Waals surface area contributed by atoms with Crippen LogP contribution in [0.2, 0.25) is 0 Å². The van der Waals surface area contributed by atoms with Crippen molar-refractivity contribution in [3.05, 3.63) is 107 Å². The van der Waals surface area contributed by atoms with Crippen molar-refractivity contribution in [3.8, 4) is 5.75 Å². The number of aliphatic hydroxyl groups excluding tert-OH is 1. The number of nitrogens with one attached hydrogen (secondary N) is 1. The van der Waals surface area contributed by atoms with Gasteiger partial charge in [-0.25, -0.2) is 0 Å². The summed E-state index contributed by atoms with van der Waals surface area (Å²) in [6, 6.07) is 21.3. The highest BCUT2D eigenvalue weighted by atomic mass is 16.8. The van der Waals surface area contributed by atoms with E-state index < -0.39 is 89.7 Å². The molecule has 0 aromatic heterocycles. The van der Waals surface area contributed by atoms with Gasteiger partial charge in [-0.05, 0) is 74.8 Å². The fourth-order valence-corrected chi connectivity index (χ4v) is 10.5. The molecule has 3 aromatic rings. The number of benzene rings is 3. The number of unbranched alkanes of at least 4 members (excludes halogenated alkanes) is 4. The number of hydrogen-bond donors (Lipinski definition) is 3. The van der Waals surface area contributed by atoms with E-state index in [4.69, 9.17) is 23.8 Å². The molecule has 4 fully saturated rings. The number of likely N-dealkylation sites (N-methyl/N-ethyl adjacent to an activating group) is 1. The van der Waals surface area contributed by atoms with Crippen molar-refractivity contribution in [3.63, 3.8) is 0 Å². The first kappa shape index (κ1) is 51.7. The van der Waals surface area contributed by atoms with Gasteiger partial charge >= 0.3 is 11.9 Å². The van der Waals surface area contributed by atoms with Crippen molar-refractivity contribution in [2.45, 2.75) is 179 Å². The van der Waals surface area contributed by atoms with Crippen LogP contribution in [0.15, 0.2) is 84.9 Å². The third-order valence-electron chi connectivity index (χ3n) is 14.0. The largest absolute Gasteiger partial charge is 0.508 e. The van der Waals surface area contributed by atoms with Crippen molar-refractivity contribution in [2.24, 2.45) is 5.41 Å². The Hall–Kier alpha value is -5.12. The van der Waals surface area contributed by atoms with Gasteiger partial charge in [0.05, 0.1) is 19.2 Å². The van der Waals surface area contributed by atoms with Gasteiger partial charge < -0.3 is 39.4 Å². The van der Waals surface area contributed by atoms with Crippen LogP contribution in [0.1, 0.15) is 128 Å². The molecular formula is C55H73N3O11. The molecule has 3 heterocycles. The smallest absolute Gasteiger partial charge is 0.327 e. The number of carbonyl (C=O) groups is 4. The SMILES string of the molecule is CCCCCC1(CCCCC)OC2C3CC4(C(=O)N(C)C(Cc5ccccc5)C(=O)NC(CO)CCC(=O)OC(C)(C)C)C(ON(Cc5ccc(C=CCc6ccccc6O)cc5)C4C(=O)O3)C2O1. The van der Waals surface area contributed by atoms with Crippen molar-refractivity contribution >= 4 is 29.8 Å². The second kappa shape index (κ2) is 22.7. The fourth-order valence-electron chi connectivity index (χ4n) is 10.5. The van der Waals surface area contributed by atoms with Crippen LogP contribution in [-0.2, 0) is 62.3 Å². The van der Waals surface area contributed by atoms with Gasteiger partial charge in [-0.1, -0.05) is 124 Å². The second-order valence-electron chi connectivity index (χ2n) is 20.3. The molecule has 0 spiro atoms. The first-order valence-corrected chi connectivity index (χ1v) is 25.1. The fraction of sp³-hybridized carbons (Fsp3) is 0.564. The number of hydroxylamine groups is 2. The van der Waals surface area contributed by atoms with E-state index in [2.05, 4.69) is 19.2 Å². The molecule has 3 N–H and O–H groups in total. The maximum atomic E-state index is 15.9. The minimum Gasteiger partial charge on any atom is -0.508 e. The molecule has 3 aliphatic heterocycles. The van der Waals surface area contributed by atoms with Crippen LogP contribution in [0.25, 0.3) is 6.08 Å². The van der Waals surface area contributed by atoms with Crippen LogP contribution < -0.4 is 5.32 Å². The zero-order valence-electron chi connectivity index (χ0n) is 41.3. The lowest BCUT2D eigenvalue weighted by molar-refractivity contribution is -0.225. The molecule has 14 nitrogen and oxygen atoms in total. The Labute approximate surface area is 407 Å². The van der Waals surface area contributed by atoms with Crippen LogP contribution in [0.5, 0.6) is 5.75 Å². The number of aliphatic hydroxyl groups is 1. The molecule has 3 aromatic carbocycles. The average Bonchev–Trinajstić information content (AvgIpc) is 3.88. The van der Waals surface area contributed by atoms with Gasteiger partial charge in [-0.15, -0.1) is 0 Å². The average molecular weight is 952 g/mol. The molecule has 374 valence electrons. The number of phenolic OH excluding ortho intramolecular Hbond substituents is 1. The minimum atomic E-state index is -1.55. The molecule has 8 unspecified atom stereocenters. The molecule has 14 heteroatoms. The molecule has 2 amide bonds. The lowest BCUT2D eigenvalue weighted by Crippen LogP contribution is -2.70. The highest BCUT2D eigenvalue weighted by Crippen LogP contribution is 2.58. The van der Waals surface area contributed by atoms with E-state index >= 15 is 4.79 Å². The Kier molecular flexibility index (Phi) is 17.1. The maximum Gasteiger partial charge on any atom is 0.327 e. The Morgan fingerprint density at radius 3 is 2.23 bits per heavy atom. The summed E-state index contributed by atoms with van der Waals surface area (Å²) < 4.78 is 25.9. The molecule has 1 saturated carbocycles. The van der Waals surface area contributed by atoms with Crippen LogP contribution in [0, 0.1) is 5.41 Å². The molecular weight excluding hydrogens is 879 g/mol. The normalized spacial score (nSPS) is 24.6. The van der Waals surface area contributed by atoms with Crippen molar-refractivity contribution < 1.29 is 53.2 Å². The van der Waals surface area contributed by atoms with Gasteiger partial charge in [0.25, 0.3) is 0 Å². The molecule has 2 bridgehead atoms. The summed E-state index contributed by atoms with van der Waals surface area (Å²) in [7, 11) is 1.58. The predicted octanol–water partition coefficient (Wildman–Crippen LogP) is 7.76. The van der Waals surface area contributed by atoms with E-state index in [1.807, 2.05) is 78.9 Å². The summed E-state index contributed by atoms with van der Waals surface area (Å²) in [5.41, 5.74) is 1.15. The number of ether oxygens (including phenoxy) is 4. The number of para-hydroxylation sites is 1. The molecule has 3 saturated heterocycles. The Morgan fingerprint density at radius 2 is 1.58 bits per heavy atom. The molecule has 69 heavy (non-hydrogen) atoms. The first-order chi connectivity index (χ1) is 33.1. The number of amides is 2. The monoisotopic (exact) mass is 952 g/mol. The minimum absolute atomic E-state index is 0.0356. The van der Waals surface area contributed by atoms with Gasteiger partial charge in [0.2, 0.25) is 11.8 Å². The van der Waals surface area contributed by atoms with Crippen molar-refractivity contribution in [1.29, 1.82) is 0 Å². The number of esters is 2. The third-order valence-corrected chi connectivity index (χ3v) is 14.0. The highest BCUT2D eigenvalue weighted by Gasteiger charge is 2.76. The summed E-state index contributed by atoms with van der Waals surface area (Å²) in [5.74, 6) is -2.76. The third kappa shape index (κ3) is 12.1. The van der Waals surface area contributed by atoms with E-state index in [0.29, 0.717) is 19.3 Å². The van der Waals surface area contributed by atoms with Crippen molar-refractivity contribution in [1.82, 2.24) is 15.3 Å². The highest BCUT2D eigenvalue weighted by molar-refractivity contribution is 5.96. The van der Waals surface area contributed by atoms with E-state index in [1.165, 1.54) is 4.90 Å². The van der Waals surface area contributed by atoms with E-state index in [-0.39, 0.29) is 38.0 Å². The molecule has 7 rings (SSSR count). The number of phenols is 1. The van der Waals surface area contributed by atoms with Gasteiger partial charge in [0, 0.05) is 39.2 Å². The van der Waals surface area contributed by atoms with Gasteiger partial charge in [0.1, 0.15) is 47.2 Å². The maximum absolute atomic E-state index is 15.9. The number of rotatable bonds is 23. The zero-order valence-corrected chi connectivity index (χ0v) is 41.3. The van der Waals surface area contributed by atoms with Crippen molar-refractivity contribution in [2.75, 3.05) is 13.7 Å². The molecule has 1 aliphatic carbocycles. The number of nitrogens with zero attached hydrogens (tertiary/aromatic N) is 2. The topological polar surface area (TPSA) is 173 Å². The lowest BCUT2D eigenvalue weighted by Gasteiger charge is -2.50. The Balaban J connectivity index is 1.21. The van der Waals surface area contributed by atoms with Gasteiger partial charge in [0.15, 0.2) is 11.8 Å². The van der Waals surface area contributed by atoms with Crippen LogP contribution in [-0.4, -0.2) is 112 Å². The second-order valence-corrected chi connectivity index (χ2v) is 20.3. The van der Waals surface area contributed by atoms with Crippen LogP contribution in [0.3, 0.4) is 0 Å². The Bertz CT molecular complexity index is 2240. The van der Waals surface area contributed by atoms with Crippen LogP contribution in [0.4, 0.5) is 0 Å². The standard InChI is InChI=1S/C55H73N3O11/c1-7-9-16-31-54(32-17-10-8-2)67-46-44-34-55(52(64)57(6)42(33-38-19-12-11-13-20-38)50(62)56-41(36-59)29-30-45(61)66-53(3,4)5)48(51(63)65-44)58(69-49(55)47(46)68-54)35-39-27-25-37(26-28-39)21-18-23-40-22-14-15-24-43(40)60/h11-15,18-22,24-28,41-42,44,46-49,59-60H,7-10,16-17,23,29-36H2,1-6H3,(H,56,62). The van der Waals surface area contributed by atoms with Gasteiger partial charge in [-0.3, -0.25) is 24.0 Å². The number of carbonyl (C=O) groups excluding carboxylic acids is 4. The summed E-state index contributed by atoms with van der Waals surface area (Å²) >= 11 is 0. The summed E-state index contributed by atoms with van der Waals surface area (Å²) in [6.07, 6.45) is 8.65. The van der Waals surface area contributed by atoms with E-state index in [1.54, 1.807) is 45.0 Å². The first-order valence-electron chi connectivity index (χ1n) is 25.1. The van der Waals surface area contributed by atoms with Crippen LogP contribution >= 0.6 is 0 Å². The molecule has 0 radical (unpaired) electrons. The number of fused-ring (bicyclic) bond motifs is 4. The predicted molar refractivity (Wildman–Crippen MR) is 260 cm³/mol. The molecule has 4 aliphatic rings. The van der Waals surface area contributed by atoms with Gasteiger partial charge in [-0.2, -0.15) is 5.06 Å².